The predicted molar refractivity (Wildman–Crippen MR) is 143 cm³/mol. The van der Waals surface area contributed by atoms with Gasteiger partial charge in [0, 0.05) is 30.1 Å². The molecule has 3 saturated heterocycles. The molecule has 2 bridgehead atoms. The van der Waals surface area contributed by atoms with Crippen LogP contribution < -0.4 is 15.4 Å². The molecule has 3 amide bonds. The Labute approximate surface area is 223 Å². The van der Waals surface area contributed by atoms with Crippen LogP contribution in [0.2, 0.25) is 0 Å². The molecular weight excluding hydrogens is 490 g/mol. The Kier molecular flexibility index (Phi) is 8.00. The first kappa shape index (κ1) is 26.4. The van der Waals surface area contributed by atoms with Gasteiger partial charge in [-0.3, -0.25) is 14.4 Å². The number of amides is 3. The molecule has 1 aromatic rings. The van der Waals surface area contributed by atoms with Crippen LogP contribution in [-0.4, -0.2) is 69.6 Å². The minimum absolute atomic E-state index is 0.0289. The van der Waals surface area contributed by atoms with E-state index in [4.69, 9.17) is 4.74 Å². The monoisotopic (exact) mass is 529 g/mol. The van der Waals surface area contributed by atoms with Crippen LogP contribution in [0.25, 0.3) is 0 Å². The minimum Gasteiger partial charge on any atom is -0.494 e. The molecule has 1 saturated carbocycles. The summed E-state index contributed by atoms with van der Waals surface area (Å²) in [6.45, 7) is 2.98. The number of anilines is 1. The van der Waals surface area contributed by atoms with Gasteiger partial charge in [-0.05, 0) is 69.7 Å². The van der Waals surface area contributed by atoms with Gasteiger partial charge in [-0.2, -0.15) is 0 Å². The Hall–Kier alpha value is -2.26. The average molecular weight is 530 g/mol. The number of aliphatic hydroxyl groups is 1. The second kappa shape index (κ2) is 11.2. The summed E-state index contributed by atoms with van der Waals surface area (Å²) in [7, 11) is 0. The van der Waals surface area contributed by atoms with Gasteiger partial charge in [-0.15, -0.1) is 11.8 Å². The van der Waals surface area contributed by atoms with Crippen LogP contribution in [0.5, 0.6) is 5.75 Å². The van der Waals surface area contributed by atoms with Crippen molar-refractivity contribution in [1.82, 2.24) is 10.2 Å². The lowest BCUT2D eigenvalue weighted by Crippen LogP contribution is -2.55. The van der Waals surface area contributed by atoms with Gasteiger partial charge < -0.3 is 25.4 Å². The number of rotatable bonds is 10. The number of thioether (sulfide) groups is 1. The van der Waals surface area contributed by atoms with E-state index in [0.717, 1.165) is 44.3 Å². The Balaban J connectivity index is 1.37. The van der Waals surface area contributed by atoms with E-state index in [1.807, 2.05) is 31.2 Å². The third kappa shape index (κ3) is 4.97. The summed E-state index contributed by atoms with van der Waals surface area (Å²) >= 11 is 1.70. The minimum atomic E-state index is -0.569. The number of benzene rings is 1. The molecule has 4 aliphatic rings. The number of fused-ring (bicyclic) bond motifs is 1. The van der Waals surface area contributed by atoms with Gasteiger partial charge in [0.1, 0.15) is 11.8 Å². The van der Waals surface area contributed by atoms with E-state index in [9.17, 15) is 19.5 Å². The summed E-state index contributed by atoms with van der Waals surface area (Å²) < 4.78 is 4.93. The van der Waals surface area contributed by atoms with Crippen LogP contribution in [-0.2, 0) is 14.4 Å². The Bertz CT molecular complexity index is 998. The van der Waals surface area contributed by atoms with Crippen LogP contribution in [0.15, 0.2) is 24.3 Å². The zero-order valence-corrected chi connectivity index (χ0v) is 22.4. The molecule has 1 spiro atoms. The summed E-state index contributed by atoms with van der Waals surface area (Å²) in [6.07, 6.45) is 8.21. The van der Waals surface area contributed by atoms with Crippen molar-refractivity contribution in [2.24, 2.45) is 11.8 Å². The van der Waals surface area contributed by atoms with Crippen LogP contribution in [0.3, 0.4) is 0 Å². The van der Waals surface area contributed by atoms with Crippen molar-refractivity contribution in [2.45, 2.75) is 86.8 Å². The van der Waals surface area contributed by atoms with Crippen molar-refractivity contribution >= 4 is 35.2 Å². The highest BCUT2D eigenvalue weighted by Crippen LogP contribution is 2.66. The van der Waals surface area contributed by atoms with Gasteiger partial charge in [-0.1, -0.05) is 19.3 Å². The van der Waals surface area contributed by atoms with Crippen LogP contribution in [0.4, 0.5) is 5.69 Å². The zero-order valence-electron chi connectivity index (χ0n) is 21.6. The van der Waals surface area contributed by atoms with Crippen molar-refractivity contribution in [3.8, 4) is 5.75 Å². The van der Waals surface area contributed by atoms with Gasteiger partial charge in [0.25, 0.3) is 0 Å². The molecule has 202 valence electrons. The maximum atomic E-state index is 13.9. The van der Waals surface area contributed by atoms with E-state index in [-0.39, 0.29) is 35.6 Å². The highest BCUT2D eigenvalue weighted by molar-refractivity contribution is 8.02. The molecule has 0 aromatic heterocycles. The summed E-state index contributed by atoms with van der Waals surface area (Å²) in [5.41, 5.74) is 0.673. The standard InChI is InChI=1S/C28H39N3O5S/c1-2-36-20-12-10-19(11-13-20)29-25(33)22-21-14-15-28(37-21)23(22)27(35)31(16-6-7-17-32)24(28)26(34)30-18-8-4-3-5-9-18/h10-13,18,21-24,32H,2-9,14-17H2,1H3,(H,29,33)(H,30,34)/t21-,22+,23+,24?,28?/m1/s1. The number of likely N-dealkylation sites (tertiary alicyclic amines) is 1. The SMILES string of the molecule is CCOc1ccc(NC(=O)[C@@H]2[C@H]3C(=O)N(CCCCO)C(C(=O)NC4CCCCC4)C34CC[C@H]2S4)cc1. The first-order chi connectivity index (χ1) is 18.0. The van der Waals surface area contributed by atoms with Crippen molar-refractivity contribution in [1.29, 1.82) is 0 Å². The number of unbranched alkanes of at least 4 members (excludes halogenated alkanes) is 1. The molecule has 8 nitrogen and oxygen atoms in total. The number of nitrogens with zero attached hydrogens (tertiary/aromatic N) is 1. The fraction of sp³-hybridized carbons (Fsp3) is 0.679. The number of aliphatic hydroxyl groups excluding tert-OH is 1. The highest BCUT2D eigenvalue weighted by atomic mass is 32.2. The highest BCUT2D eigenvalue weighted by Gasteiger charge is 2.73. The van der Waals surface area contributed by atoms with Crippen molar-refractivity contribution in [3.63, 3.8) is 0 Å². The summed E-state index contributed by atoms with van der Waals surface area (Å²) in [5.74, 6) is -0.520. The van der Waals surface area contributed by atoms with E-state index in [0.29, 0.717) is 31.7 Å². The number of carbonyl (C=O) groups is 3. The fourth-order valence-corrected chi connectivity index (χ4v) is 9.16. The maximum absolute atomic E-state index is 13.9. The van der Waals surface area contributed by atoms with Crippen LogP contribution >= 0.6 is 11.8 Å². The molecule has 3 N–H and O–H groups in total. The number of ether oxygens (including phenoxy) is 1. The third-order valence-electron chi connectivity index (χ3n) is 8.54. The number of hydrogen-bond acceptors (Lipinski definition) is 6. The lowest BCUT2D eigenvalue weighted by molar-refractivity contribution is -0.139. The lowest BCUT2D eigenvalue weighted by Gasteiger charge is -2.35. The van der Waals surface area contributed by atoms with E-state index < -0.39 is 22.6 Å². The van der Waals surface area contributed by atoms with Crippen molar-refractivity contribution in [2.75, 3.05) is 25.1 Å². The summed E-state index contributed by atoms with van der Waals surface area (Å²) in [6, 6.07) is 6.88. The van der Waals surface area contributed by atoms with E-state index in [2.05, 4.69) is 10.6 Å². The van der Waals surface area contributed by atoms with E-state index in [1.165, 1.54) is 6.42 Å². The Morgan fingerprint density at radius 1 is 1.11 bits per heavy atom. The van der Waals surface area contributed by atoms with Gasteiger partial charge in [0.2, 0.25) is 17.7 Å². The van der Waals surface area contributed by atoms with Crippen LogP contribution in [0.1, 0.15) is 64.7 Å². The van der Waals surface area contributed by atoms with E-state index in [1.54, 1.807) is 16.7 Å². The van der Waals surface area contributed by atoms with Gasteiger partial charge in [0.15, 0.2) is 0 Å². The molecule has 2 unspecified atom stereocenters. The molecule has 5 rings (SSSR count). The molecule has 4 fully saturated rings. The molecule has 37 heavy (non-hydrogen) atoms. The normalized spacial score (nSPS) is 30.9. The molecular formula is C28H39N3O5S. The molecule has 3 heterocycles. The molecule has 3 aliphatic heterocycles. The number of carbonyl (C=O) groups excluding carboxylic acids is 3. The molecule has 0 radical (unpaired) electrons. The quantitative estimate of drug-likeness (QED) is 0.401. The largest absolute Gasteiger partial charge is 0.494 e. The second-order valence-corrected chi connectivity index (χ2v) is 12.4. The van der Waals surface area contributed by atoms with E-state index >= 15 is 0 Å². The van der Waals surface area contributed by atoms with Gasteiger partial charge >= 0.3 is 0 Å². The van der Waals surface area contributed by atoms with Gasteiger partial charge in [-0.25, -0.2) is 0 Å². The topological polar surface area (TPSA) is 108 Å². The fourth-order valence-electron chi connectivity index (χ4n) is 6.94. The first-order valence-electron chi connectivity index (χ1n) is 13.9. The van der Waals surface area contributed by atoms with Gasteiger partial charge in [0.05, 0.1) is 23.2 Å². The second-order valence-electron chi connectivity index (χ2n) is 10.8. The molecule has 5 atom stereocenters. The lowest BCUT2D eigenvalue weighted by atomic mass is 9.70. The average Bonchev–Trinajstić information content (AvgIpc) is 3.54. The molecule has 1 aliphatic carbocycles. The Morgan fingerprint density at radius 2 is 1.86 bits per heavy atom. The van der Waals surface area contributed by atoms with Crippen molar-refractivity contribution < 1.29 is 24.2 Å². The number of nitrogens with one attached hydrogen (secondary N) is 2. The first-order valence-corrected chi connectivity index (χ1v) is 14.8. The number of hydrogen-bond donors (Lipinski definition) is 3. The zero-order chi connectivity index (χ0) is 26.0. The molecule has 1 aromatic carbocycles. The molecule has 9 heteroatoms. The third-order valence-corrected chi connectivity index (χ3v) is 10.5. The summed E-state index contributed by atoms with van der Waals surface area (Å²) in [4.78, 5) is 43.1. The Morgan fingerprint density at radius 3 is 2.57 bits per heavy atom. The maximum Gasteiger partial charge on any atom is 0.244 e. The smallest absolute Gasteiger partial charge is 0.244 e. The predicted octanol–water partition coefficient (Wildman–Crippen LogP) is 3.34. The van der Waals surface area contributed by atoms with Crippen LogP contribution in [0, 0.1) is 11.8 Å². The summed E-state index contributed by atoms with van der Waals surface area (Å²) in [5, 5.41) is 15.7. The van der Waals surface area contributed by atoms with Crippen molar-refractivity contribution in [3.05, 3.63) is 24.3 Å².